The number of carbonyl (C=O) groups is 1. The van der Waals surface area contributed by atoms with Gasteiger partial charge in [-0.3, -0.25) is 0 Å². The summed E-state index contributed by atoms with van der Waals surface area (Å²) in [7, 11) is 0. The zero-order chi connectivity index (χ0) is 17.3. The molecule has 2 aromatic carbocycles. The number of likely N-dealkylation sites (tertiary alicyclic amines) is 1. The van der Waals surface area contributed by atoms with Gasteiger partial charge in [-0.2, -0.15) is 5.48 Å². The van der Waals surface area contributed by atoms with E-state index in [-0.39, 0.29) is 24.2 Å². The van der Waals surface area contributed by atoms with Gasteiger partial charge in [-0.05, 0) is 23.3 Å². The van der Waals surface area contributed by atoms with E-state index in [1.54, 1.807) is 4.90 Å². The molecule has 2 aromatic rings. The molecule has 0 spiro atoms. The SMILES string of the molecule is O=C(OCc1ccccc1)N1C[C@H]2CON[C@]2(c2cccc(Br)c2)C1. The number of nitrogens with zero attached hydrogens (tertiary/aromatic N) is 1. The number of halogens is 1. The van der Waals surface area contributed by atoms with Gasteiger partial charge in [-0.1, -0.05) is 58.4 Å². The van der Waals surface area contributed by atoms with Gasteiger partial charge in [-0.25, -0.2) is 4.79 Å². The van der Waals surface area contributed by atoms with Gasteiger partial charge in [0.15, 0.2) is 0 Å². The predicted octanol–water partition coefficient (Wildman–Crippen LogP) is 3.45. The van der Waals surface area contributed by atoms with Crippen LogP contribution in [0.4, 0.5) is 4.79 Å². The van der Waals surface area contributed by atoms with Crippen LogP contribution in [0.5, 0.6) is 0 Å². The number of amides is 1. The highest BCUT2D eigenvalue weighted by molar-refractivity contribution is 9.10. The highest BCUT2D eigenvalue weighted by Crippen LogP contribution is 2.41. The van der Waals surface area contributed by atoms with Gasteiger partial charge in [0.05, 0.1) is 12.1 Å². The van der Waals surface area contributed by atoms with Gasteiger partial charge >= 0.3 is 6.09 Å². The fourth-order valence-electron chi connectivity index (χ4n) is 3.60. The zero-order valence-corrected chi connectivity index (χ0v) is 15.2. The van der Waals surface area contributed by atoms with E-state index in [0.717, 1.165) is 15.6 Å². The topological polar surface area (TPSA) is 50.8 Å². The number of ether oxygens (including phenoxy) is 1. The first-order chi connectivity index (χ1) is 12.2. The number of hydrogen-bond acceptors (Lipinski definition) is 4. The minimum Gasteiger partial charge on any atom is -0.445 e. The summed E-state index contributed by atoms with van der Waals surface area (Å²) in [5.41, 5.74) is 4.88. The third-order valence-electron chi connectivity index (χ3n) is 4.92. The van der Waals surface area contributed by atoms with Gasteiger partial charge in [0.2, 0.25) is 0 Å². The molecule has 0 aromatic heterocycles. The first-order valence-electron chi connectivity index (χ1n) is 8.28. The molecule has 1 N–H and O–H groups in total. The van der Waals surface area contributed by atoms with Crippen molar-refractivity contribution in [3.8, 4) is 0 Å². The summed E-state index contributed by atoms with van der Waals surface area (Å²) >= 11 is 3.52. The lowest BCUT2D eigenvalue weighted by molar-refractivity contribution is 0.0426. The average Bonchev–Trinajstić information content (AvgIpc) is 3.19. The van der Waals surface area contributed by atoms with Crippen LogP contribution in [0, 0.1) is 5.92 Å². The predicted molar refractivity (Wildman–Crippen MR) is 96.6 cm³/mol. The van der Waals surface area contributed by atoms with Gasteiger partial charge in [0.25, 0.3) is 0 Å². The molecule has 0 unspecified atom stereocenters. The fraction of sp³-hybridized carbons (Fsp3) is 0.316. The Balaban J connectivity index is 1.48. The first kappa shape index (κ1) is 16.6. The molecule has 0 saturated carbocycles. The molecule has 2 fully saturated rings. The number of nitrogens with one attached hydrogen (secondary N) is 1. The van der Waals surface area contributed by atoms with Crippen LogP contribution in [0.15, 0.2) is 59.1 Å². The molecule has 1 amide bonds. The smallest absolute Gasteiger partial charge is 0.410 e. The molecule has 0 bridgehead atoms. The summed E-state index contributed by atoms with van der Waals surface area (Å²) in [5.74, 6) is 0.200. The van der Waals surface area contributed by atoms with Crippen molar-refractivity contribution >= 4 is 22.0 Å². The van der Waals surface area contributed by atoms with Crippen LogP contribution in [0.1, 0.15) is 11.1 Å². The minimum atomic E-state index is -0.379. The molecule has 0 radical (unpaired) electrons. The highest BCUT2D eigenvalue weighted by atomic mass is 79.9. The summed E-state index contributed by atoms with van der Waals surface area (Å²) in [6, 6.07) is 17.9. The Morgan fingerprint density at radius 3 is 2.92 bits per heavy atom. The maximum absolute atomic E-state index is 12.5. The Morgan fingerprint density at radius 2 is 2.12 bits per heavy atom. The minimum absolute atomic E-state index is 0.200. The van der Waals surface area contributed by atoms with E-state index in [0.29, 0.717) is 19.7 Å². The molecule has 6 heteroatoms. The zero-order valence-electron chi connectivity index (χ0n) is 13.7. The van der Waals surface area contributed by atoms with E-state index < -0.39 is 0 Å². The Hall–Kier alpha value is -1.89. The van der Waals surface area contributed by atoms with E-state index in [9.17, 15) is 4.79 Å². The van der Waals surface area contributed by atoms with Crippen molar-refractivity contribution in [3.05, 3.63) is 70.2 Å². The third kappa shape index (κ3) is 3.17. The van der Waals surface area contributed by atoms with E-state index in [4.69, 9.17) is 9.57 Å². The monoisotopic (exact) mass is 402 g/mol. The molecule has 2 atom stereocenters. The van der Waals surface area contributed by atoms with Crippen LogP contribution in [0.3, 0.4) is 0 Å². The van der Waals surface area contributed by atoms with Crippen molar-refractivity contribution in [2.45, 2.75) is 12.1 Å². The van der Waals surface area contributed by atoms with E-state index in [1.165, 1.54) is 0 Å². The summed E-state index contributed by atoms with van der Waals surface area (Å²) in [6.07, 6.45) is -0.283. The normalized spacial score (nSPS) is 25.0. The second-order valence-corrected chi connectivity index (χ2v) is 7.43. The number of carbonyl (C=O) groups excluding carboxylic acids is 1. The van der Waals surface area contributed by atoms with Crippen molar-refractivity contribution in [1.82, 2.24) is 10.4 Å². The second kappa shape index (κ2) is 6.78. The molecule has 2 aliphatic heterocycles. The molecule has 0 aliphatic carbocycles. The fourth-order valence-corrected chi connectivity index (χ4v) is 4.00. The quantitative estimate of drug-likeness (QED) is 0.853. The van der Waals surface area contributed by atoms with Gasteiger partial charge in [-0.15, -0.1) is 0 Å². The summed E-state index contributed by atoms with van der Waals surface area (Å²) < 4.78 is 6.50. The van der Waals surface area contributed by atoms with Crippen LogP contribution in [0.2, 0.25) is 0 Å². The van der Waals surface area contributed by atoms with Crippen molar-refractivity contribution in [2.75, 3.05) is 19.7 Å². The average molecular weight is 403 g/mol. The van der Waals surface area contributed by atoms with Crippen molar-refractivity contribution < 1.29 is 14.4 Å². The lowest BCUT2D eigenvalue weighted by Gasteiger charge is -2.28. The van der Waals surface area contributed by atoms with Crippen LogP contribution in [-0.2, 0) is 21.7 Å². The highest BCUT2D eigenvalue weighted by Gasteiger charge is 2.53. The Bertz CT molecular complexity index is 770. The van der Waals surface area contributed by atoms with E-state index >= 15 is 0 Å². The molecule has 130 valence electrons. The van der Waals surface area contributed by atoms with E-state index in [1.807, 2.05) is 42.5 Å². The Labute approximate surface area is 155 Å². The van der Waals surface area contributed by atoms with Crippen molar-refractivity contribution in [3.63, 3.8) is 0 Å². The standard InChI is InChI=1S/C19H19BrN2O3/c20-17-8-4-7-15(9-17)19-13-22(10-16(19)12-25-21-19)18(23)24-11-14-5-2-1-3-6-14/h1-9,16,21H,10-13H2/t16-,19-/m0/s1. The van der Waals surface area contributed by atoms with Crippen LogP contribution in [0.25, 0.3) is 0 Å². The number of hydroxylamine groups is 1. The number of rotatable bonds is 3. The van der Waals surface area contributed by atoms with Crippen LogP contribution in [-0.4, -0.2) is 30.7 Å². The molecule has 2 aliphatic rings. The molecule has 2 heterocycles. The molecular formula is C19H19BrN2O3. The lowest BCUT2D eigenvalue weighted by Crippen LogP contribution is -2.44. The molecule has 5 nitrogen and oxygen atoms in total. The maximum atomic E-state index is 12.5. The summed E-state index contributed by atoms with van der Waals surface area (Å²) in [6.45, 7) is 2.01. The molecule has 4 rings (SSSR count). The number of benzene rings is 2. The van der Waals surface area contributed by atoms with Crippen LogP contribution >= 0.6 is 15.9 Å². The summed E-state index contributed by atoms with van der Waals surface area (Å²) in [5, 5.41) is 0. The Kier molecular flexibility index (Phi) is 4.50. The van der Waals surface area contributed by atoms with Gasteiger partial charge in [0, 0.05) is 23.5 Å². The number of hydrogen-bond donors (Lipinski definition) is 1. The maximum Gasteiger partial charge on any atom is 0.410 e. The van der Waals surface area contributed by atoms with Gasteiger partial charge < -0.3 is 14.5 Å². The van der Waals surface area contributed by atoms with Crippen LogP contribution < -0.4 is 5.48 Å². The summed E-state index contributed by atoms with van der Waals surface area (Å²) in [4.78, 5) is 19.8. The largest absolute Gasteiger partial charge is 0.445 e. The molecule has 25 heavy (non-hydrogen) atoms. The van der Waals surface area contributed by atoms with Crippen molar-refractivity contribution in [1.29, 1.82) is 0 Å². The molecule has 2 saturated heterocycles. The van der Waals surface area contributed by atoms with Crippen molar-refractivity contribution in [2.24, 2.45) is 5.92 Å². The Morgan fingerprint density at radius 1 is 1.28 bits per heavy atom. The second-order valence-electron chi connectivity index (χ2n) is 6.51. The first-order valence-corrected chi connectivity index (χ1v) is 9.07. The lowest BCUT2D eigenvalue weighted by atomic mass is 9.83. The molecular weight excluding hydrogens is 384 g/mol. The van der Waals surface area contributed by atoms with Gasteiger partial charge in [0.1, 0.15) is 6.61 Å². The van der Waals surface area contributed by atoms with E-state index in [2.05, 4.69) is 33.5 Å². The third-order valence-corrected chi connectivity index (χ3v) is 5.41. The number of fused-ring (bicyclic) bond motifs is 1.